The first-order chi connectivity index (χ1) is 4.12. The Morgan fingerprint density at radius 3 is 2.56 bits per heavy atom. The predicted octanol–water partition coefficient (Wildman–Crippen LogP) is 1.74. The fourth-order valence-electron chi connectivity index (χ4n) is 0.637. The van der Waals surface area contributed by atoms with Gasteiger partial charge in [-0.1, -0.05) is 20.4 Å². The Bertz CT molecular complexity index is 119. The van der Waals surface area contributed by atoms with E-state index in [0.29, 0.717) is 0 Å². The van der Waals surface area contributed by atoms with E-state index in [-0.39, 0.29) is 12.0 Å². The van der Waals surface area contributed by atoms with Gasteiger partial charge in [0.2, 0.25) is 0 Å². The summed E-state index contributed by atoms with van der Waals surface area (Å²) >= 11 is 0. The van der Waals surface area contributed by atoms with Crippen LogP contribution in [0.25, 0.3) is 0 Å². The molecule has 0 aromatic heterocycles. The largest absolute Gasteiger partial charge is 0.396 e. The summed E-state index contributed by atoms with van der Waals surface area (Å²) in [5.74, 6) is 0. The fraction of sp³-hybridized carbons (Fsp3) is 0.625. The lowest BCUT2D eigenvalue weighted by Crippen LogP contribution is -2.08. The van der Waals surface area contributed by atoms with E-state index in [1.165, 1.54) is 0 Å². The first kappa shape index (κ1) is 8.48. The van der Waals surface area contributed by atoms with Gasteiger partial charge in [-0.15, -0.1) is 5.73 Å². The van der Waals surface area contributed by atoms with Gasteiger partial charge in [0.05, 0.1) is 0 Å². The molecule has 0 amide bonds. The Morgan fingerprint density at radius 2 is 2.22 bits per heavy atom. The number of aliphatic hydroxyl groups is 1. The van der Waals surface area contributed by atoms with Gasteiger partial charge >= 0.3 is 0 Å². The number of allylic oxidation sites excluding steroid dienone is 1. The Labute approximate surface area is 56.7 Å². The zero-order valence-corrected chi connectivity index (χ0v) is 6.15. The average molecular weight is 126 g/mol. The van der Waals surface area contributed by atoms with E-state index < -0.39 is 0 Å². The molecule has 1 N–H and O–H groups in total. The van der Waals surface area contributed by atoms with Crippen molar-refractivity contribution in [2.45, 2.75) is 20.3 Å². The molecule has 0 spiro atoms. The normalized spacial score (nSPS) is 10.6. The molecule has 0 radical (unpaired) electrons. The van der Waals surface area contributed by atoms with Gasteiger partial charge in [-0.05, 0) is 17.9 Å². The highest BCUT2D eigenvalue weighted by molar-refractivity contribution is 4.91. The maximum atomic E-state index is 8.56. The van der Waals surface area contributed by atoms with Crippen LogP contribution in [0.4, 0.5) is 0 Å². The van der Waals surface area contributed by atoms with Gasteiger partial charge in [0, 0.05) is 6.61 Å². The van der Waals surface area contributed by atoms with Gasteiger partial charge in [-0.3, -0.25) is 0 Å². The van der Waals surface area contributed by atoms with Crippen molar-refractivity contribution in [3.63, 3.8) is 0 Å². The van der Waals surface area contributed by atoms with Crippen LogP contribution in [0.1, 0.15) is 20.3 Å². The van der Waals surface area contributed by atoms with Crippen LogP contribution in [-0.4, -0.2) is 11.7 Å². The zero-order valence-electron chi connectivity index (χ0n) is 6.15. The fourth-order valence-corrected chi connectivity index (χ4v) is 0.637. The molecular formula is C8H14O. The Balaban J connectivity index is 3.85. The lowest BCUT2D eigenvalue weighted by Gasteiger charge is -2.16. The maximum Gasteiger partial charge on any atom is 0.0439 e. The molecule has 1 heteroatoms. The SMILES string of the molecule is C=C=CC(C)(C)CCO. The van der Waals surface area contributed by atoms with Crippen LogP contribution in [0.15, 0.2) is 18.4 Å². The van der Waals surface area contributed by atoms with Gasteiger partial charge in [0.15, 0.2) is 0 Å². The van der Waals surface area contributed by atoms with Crippen molar-refractivity contribution in [1.82, 2.24) is 0 Å². The second-order valence-corrected chi connectivity index (χ2v) is 2.81. The minimum absolute atomic E-state index is 0.0521. The Hall–Kier alpha value is -0.520. The van der Waals surface area contributed by atoms with E-state index in [9.17, 15) is 0 Å². The van der Waals surface area contributed by atoms with Crippen LogP contribution in [-0.2, 0) is 0 Å². The molecule has 0 saturated heterocycles. The molecule has 0 saturated carbocycles. The van der Waals surface area contributed by atoms with E-state index in [4.69, 9.17) is 5.11 Å². The van der Waals surface area contributed by atoms with E-state index >= 15 is 0 Å². The van der Waals surface area contributed by atoms with Gasteiger partial charge < -0.3 is 5.11 Å². The van der Waals surface area contributed by atoms with Crippen molar-refractivity contribution in [3.8, 4) is 0 Å². The van der Waals surface area contributed by atoms with E-state index in [0.717, 1.165) is 6.42 Å². The van der Waals surface area contributed by atoms with Crippen molar-refractivity contribution in [2.75, 3.05) is 6.61 Å². The summed E-state index contributed by atoms with van der Waals surface area (Å²) in [5, 5.41) is 8.56. The third-order valence-electron chi connectivity index (χ3n) is 1.25. The minimum Gasteiger partial charge on any atom is -0.396 e. The third-order valence-corrected chi connectivity index (χ3v) is 1.25. The van der Waals surface area contributed by atoms with Crippen molar-refractivity contribution < 1.29 is 5.11 Å². The summed E-state index contributed by atoms with van der Waals surface area (Å²) in [4.78, 5) is 0. The number of rotatable bonds is 3. The Morgan fingerprint density at radius 1 is 1.67 bits per heavy atom. The summed E-state index contributed by atoms with van der Waals surface area (Å²) in [7, 11) is 0. The molecule has 0 fully saturated rings. The number of hydrogen-bond donors (Lipinski definition) is 1. The summed E-state index contributed by atoms with van der Waals surface area (Å²) < 4.78 is 0. The van der Waals surface area contributed by atoms with E-state index in [1.54, 1.807) is 0 Å². The highest BCUT2D eigenvalue weighted by Crippen LogP contribution is 2.20. The quantitative estimate of drug-likeness (QED) is 0.571. The zero-order chi connectivity index (χ0) is 7.33. The molecule has 0 heterocycles. The van der Waals surface area contributed by atoms with Gasteiger partial charge in [0.1, 0.15) is 0 Å². The number of hydrogen-bond acceptors (Lipinski definition) is 1. The summed E-state index contributed by atoms with van der Waals surface area (Å²) in [5.41, 5.74) is 2.76. The van der Waals surface area contributed by atoms with Crippen molar-refractivity contribution in [2.24, 2.45) is 5.41 Å². The van der Waals surface area contributed by atoms with Crippen LogP contribution in [0.3, 0.4) is 0 Å². The second kappa shape index (κ2) is 3.49. The van der Waals surface area contributed by atoms with E-state index in [2.05, 4.69) is 12.3 Å². The summed E-state index contributed by atoms with van der Waals surface area (Å²) in [6.07, 6.45) is 2.65. The molecule has 9 heavy (non-hydrogen) atoms. The number of aliphatic hydroxyl groups excluding tert-OH is 1. The molecule has 0 aliphatic heterocycles. The second-order valence-electron chi connectivity index (χ2n) is 2.81. The summed E-state index contributed by atoms with van der Waals surface area (Å²) in [6, 6.07) is 0. The standard InChI is InChI=1S/C8H14O/c1-4-5-8(2,3)6-7-9/h5,9H,1,6-7H2,2-3H3. The van der Waals surface area contributed by atoms with E-state index in [1.807, 2.05) is 19.9 Å². The highest BCUT2D eigenvalue weighted by Gasteiger charge is 2.11. The smallest absolute Gasteiger partial charge is 0.0439 e. The Kier molecular flexibility index (Phi) is 3.29. The molecule has 0 unspecified atom stereocenters. The molecule has 0 rings (SSSR count). The molecule has 0 aromatic carbocycles. The lowest BCUT2D eigenvalue weighted by atomic mass is 9.90. The van der Waals surface area contributed by atoms with Crippen molar-refractivity contribution in [1.29, 1.82) is 0 Å². The highest BCUT2D eigenvalue weighted by atomic mass is 16.3. The predicted molar refractivity (Wildman–Crippen MR) is 39.2 cm³/mol. The molecular weight excluding hydrogens is 112 g/mol. The van der Waals surface area contributed by atoms with Gasteiger partial charge in [-0.2, -0.15) is 0 Å². The molecule has 0 aromatic rings. The summed E-state index contributed by atoms with van der Waals surface area (Å²) in [6.45, 7) is 7.78. The van der Waals surface area contributed by atoms with Crippen molar-refractivity contribution >= 4 is 0 Å². The van der Waals surface area contributed by atoms with Crippen LogP contribution in [0, 0.1) is 5.41 Å². The minimum atomic E-state index is 0.0521. The molecule has 52 valence electrons. The first-order valence-electron chi connectivity index (χ1n) is 3.10. The van der Waals surface area contributed by atoms with Crippen LogP contribution in [0.5, 0.6) is 0 Å². The maximum absolute atomic E-state index is 8.56. The topological polar surface area (TPSA) is 20.2 Å². The third kappa shape index (κ3) is 4.01. The van der Waals surface area contributed by atoms with Crippen molar-refractivity contribution in [3.05, 3.63) is 18.4 Å². The van der Waals surface area contributed by atoms with Gasteiger partial charge in [0.25, 0.3) is 0 Å². The van der Waals surface area contributed by atoms with Crippen LogP contribution >= 0.6 is 0 Å². The molecule has 1 nitrogen and oxygen atoms in total. The monoisotopic (exact) mass is 126 g/mol. The molecule has 0 bridgehead atoms. The first-order valence-corrected chi connectivity index (χ1v) is 3.10. The van der Waals surface area contributed by atoms with Gasteiger partial charge in [-0.25, -0.2) is 0 Å². The van der Waals surface area contributed by atoms with Crippen LogP contribution < -0.4 is 0 Å². The molecule has 0 aliphatic carbocycles. The molecule has 0 aliphatic rings. The lowest BCUT2D eigenvalue weighted by molar-refractivity contribution is 0.241. The van der Waals surface area contributed by atoms with Crippen LogP contribution in [0.2, 0.25) is 0 Å². The average Bonchev–Trinajstić information content (AvgIpc) is 1.64. The molecule has 0 atom stereocenters.